The van der Waals surface area contributed by atoms with Crippen LogP contribution in [0.3, 0.4) is 0 Å². The van der Waals surface area contributed by atoms with E-state index in [0.29, 0.717) is 42.2 Å². The molecule has 1 fully saturated rings. The molecule has 0 atom stereocenters. The van der Waals surface area contributed by atoms with Gasteiger partial charge in [0.1, 0.15) is 10.6 Å². The SMILES string of the molecule is Cc1noc(C)c1S(=O)(=O)NC1CCN(C(=O)c2cccc(Cl)c2)CC1. The molecule has 2 aromatic rings. The second-order valence-electron chi connectivity index (χ2n) is 6.35. The van der Waals surface area contributed by atoms with Gasteiger partial charge in [0.2, 0.25) is 10.0 Å². The van der Waals surface area contributed by atoms with Crippen LogP contribution in [-0.2, 0) is 10.0 Å². The number of nitrogens with zero attached hydrogens (tertiary/aromatic N) is 2. The Hall–Kier alpha value is -1.90. The lowest BCUT2D eigenvalue weighted by molar-refractivity contribution is 0.0711. The van der Waals surface area contributed by atoms with Crippen molar-refractivity contribution >= 4 is 27.5 Å². The van der Waals surface area contributed by atoms with Crippen molar-refractivity contribution in [3.8, 4) is 0 Å². The highest BCUT2D eigenvalue weighted by molar-refractivity contribution is 7.89. The average molecular weight is 398 g/mol. The van der Waals surface area contributed by atoms with Crippen LogP contribution in [0.4, 0.5) is 0 Å². The molecule has 3 rings (SSSR count). The first kappa shape index (κ1) is 18.9. The molecule has 1 aliphatic heterocycles. The summed E-state index contributed by atoms with van der Waals surface area (Å²) >= 11 is 5.94. The number of likely N-dealkylation sites (tertiary alicyclic amines) is 1. The van der Waals surface area contributed by atoms with Crippen molar-refractivity contribution in [1.82, 2.24) is 14.8 Å². The molecule has 7 nitrogen and oxygen atoms in total. The Morgan fingerprint density at radius 3 is 2.58 bits per heavy atom. The highest BCUT2D eigenvalue weighted by Crippen LogP contribution is 2.22. The molecule has 1 aromatic carbocycles. The Bertz CT molecular complexity index is 898. The minimum Gasteiger partial charge on any atom is -0.360 e. The van der Waals surface area contributed by atoms with Crippen LogP contribution in [-0.4, -0.2) is 43.5 Å². The predicted molar refractivity (Wildman–Crippen MR) is 96.7 cm³/mol. The Morgan fingerprint density at radius 2 is 2.00 bits per heavy atom. The van der Waals surface area contributed by atoms with Crippen molar-refractivity contribution < 1.29 is 17.7 Å². The van der Waals surface area contributed by atoms with Crippen molar-refractivity contribution in [2.75, 3.05) is 13.1 Å². The number of carbonyl (C=O) groups excluding carboxylic acids is 1. The Labute approximate surface area is 157 Å². The van der Waals surface area contributed by atoms with E-state index in [4.69, 9.17) is 16.1 Å². The number of aromatic nitrogens is 1. The number of rotatable bonds is 4. The third-order valence-electron chi connectivity index (χ3n) is 4.41. The van der Waals surface area contributed by atoms with Crippen LogP contribution in [0.25, 0.3) is 0 Å². The van der Waals surface area contributed by atoms with Crippen molar-refractivity contribution in [3.05, 3.63) is 46.3 Å². The molecule has 1 amide bonds. The highest BCUT2D eigenvalue weighted by atomic mass is 35.5. The molecule has 26 heavy (non-hydrogen) atoms. The number of nitrogens with one attached hydrogen (secondary N) is 1. The lowest BCUT2D eigenvalue weighted by Gasteiger charge is -2.32. The normalized spacial score (nSPS) is 16.0. The molecular weight excluding hydrogens is 378 g/mol. The van der Waals surface area contributed by atoms with Gasteiger partial charge in [-0.1, -0.05) is 22.8 Å². The van der Waals surface area contributed by atoms with Crippen LogP contribution in [0.1, 0.15) is 34.7 Å². The summed E-state index contributed by atoms with van der Waals surface area (Å²) in [4.78, 5) is 14.3. The summed E-state index contributed by atoms with van der Waals surface area (Å²) in [5.74, 6) is 0.170. The van der Waals surface area contributed by atoms with Crippen molar-refractivity contribution in [2.24, 2.45) is 0 Å². The van der Waals surface area contributed by atoms with E-state index < -0.39 is 10.0 Å². The van der Waals surface area contributed by atoms with Gasteiger partial charge in [0, 0.05) is 29.7 Å². The van der Waals surface area contributed by atoms with Crippen molar-refractivity contribution in [1.29, 1.82) is 0 Å². The number of halogens is 1. The second kappa shape index (κ2) is 7.38. The summed E-state index contributed by atoms with van der Waals surface area (Å²) in [7, 11) is -3.70. The van der Waals surface area contributed by atoms with E-state index in [0.717, 1.165) is 0 Å². The number of benzene rings is 1. The van der Waals surface area contributed by atoms with Crippen LogP contribution in [0.2, 0.25) is 5.02 Å². The Balaban J connectivity index is 1.63. The third-order valence-corrected chi connectivity index (χ3v) is 6.41. The maximum atomic E-state index is 12.6. The number of sulfonamides is 1. The van der Waals surface area contributed by atoms with Crippen LogP contribution in [0.15, 0.2) is 33.7 Å². The minimum atomic E-state index is -3.70. The molecule has 0 saturated carbocycles. The van der Waals surface area contributed by atoms with E-state index >= 15 is 0 Å². The fourth-order valence-corrected chi connectivity index (χ4v) is 4.97. The first-order chi connectivity index (χ1) is 12.3. The lowest BCUT2D eigenvalue weighted by atomic mass is 10.0. The smallest absolute Gasteiger partial charge is 0.253 e. The number of carbonyl (C=O) groups is 1. The number of amides is 1. The zero-order chi connectivity index (χ0) is 18.9. The molecule has 0 radical (unpaired) electrons. The van der Waals surface area contributed by atoms with Gasteiger partial charge in [0.05, 0.1) is 0 Å². The summed E-state index contributed by atoms with van der Waals surface area (Å²) in [5, 5.41) is 4.21. The zero-order valence-electron chi connectivity index (χ0n) is 14.5. The van der Waals surface area contributed by atoms with E-state index in [1.807, 2.05) is 0 Å². The summed E-state index contributed by atoms with van der Waals surface area (Å²) in [5.41, 5.74) is 0.871. The predicted octanol–water partition coefficient (Wildman–Crippen LogP) is 2.53. The Kier molecular flexibility index (Phi) is 5.36. The molecule has 0 aliphatic carbocycles. The molecule has 1 N–H and O–H groups in total. The molecule has 0 unspecified atom stereocenters. The minimum absolute atomic E-state index is 0.0925. The van der Waals surface area contributed by atoms with Crippen LogP contribution >= 0.6 is 11.6 Å². The van der Waals surface area contributed by atoms with Gasteiger partial charge in [-0.3, -0.25) is 4.79 Å². The summed E-state index contributed by atoms with van der Waals surface area (Å²) in [6.07, 6.45) is 1.07. The van der Waals surface area contributed by atoms with Crippen LogP contribution < -0.4 is 4.72 Å². The van der Waals surface area contributed by atoms with Gasteiger partial charge < -0.3 is 9.42 Å². The van der Waals surface area contributed by atoms with Gasteiger partial charge >= 0.3 is 0 Å². The molecule has 0 bridgehead atoms. The van der Waals surface area contributed by atoms with E-state index in [2.05, 4.69) is 9.88 Å². The Morgan fingerprint density at radius 1 is 1.31 bits per heavy atom. The van der Waals surface area contributed by atoms with Crippen molar-refractivity contribution in [3.63, 3.8) is 0 Å². The monoisotopic (exact) mass is 397 g/mol. The average Bonchev–Trinajstić information content (AvgIpc) is 2.94. The second-order valence-corrected chi connectivity index (χ2v) is 8.44. The maximum absolute atomic E-state index is 12.6. The number of hydrogen-bond acceptors (Lipinski definition) is 5. The van der Waals surface area contributed by atoms with E-state index in [1.165, 1.54) is 0 Å². The first-order valence-corrected chi connectivity index (χ1v) is 10.1. The number of piperidine rings is 1. The maximum Gasteiger partial charge on any atom is 0.253 e. The summed E-state index contributed by atoms with van der Waals surface area (Å²) < 4.78 is 32.8. The summed E-state index contributed by atoms with van der Waals surface area (Å²) in [6, 6.07) is 6.57. The molecule has 1 aliphatic rings. The van der Waals surface area contributed by atoms with Gasteiger partial charge in [0.15, 0.2) is 5.76 Å². The van der Waals surface area contributed by atoms with E-state index in [-0.39, 0.29) is 22.6 Å². The quantitative estimate of drug-likeness (QED) is 0.855. The van der Waals surface area contributed by atoms with Gasteiger partial charge in [-0.25, -0.2) is 13.1 Å². The van der Waals surface area contributed by atoms with E-state index in [9.17, 15) is 13.2 Å². The fourth-order valence-electron chi connectivity index (χ4n) is 3.14. The van der Waals surface area contributed by atoms with Crippen molar-refractivity contribution in [2.45, 2.75) is 37.6 Å². The molecular formula is C17H20ClN3O4S. The zero-order valence-corrected chi connectivity index (χ0v) is 16.1. The summed E-state index contributed by atoms with van der Waals surface area (Å²) in [6.45, 7) is 4.11. The van der Waals surface area contributed by atoms with Gasteiger partial charge in [0.25, 0.3) is 5.91 Å². The largest absolute Gasteiger partial charge is 0.360 e. The van der Waals surface area contributed by atoms with Gasteiger partial charge in [-0.15, -0.1) is 0 Å². The van der Waals surface area contributed by atoms with Gasteiger partial charge in [-0.2, -0.15) is 0 Å². The lowest BCUT2D eigenvalue weighted by Crippen LogP contribution is -2.46. The molecule has 1 aromatic heterocycles. The first-order valence-electron chi connectivity index (χ1n) is 8.28. The van der Waals surface area contributed by atoms with E-state index in [1.54, 1.807) is 43.0 Å². The highest BCUT2D eigenvalue weighted by Gasteiger charge is 2.30. The topological polar surface area (TPSA) is 92.5 Å². The standard InChI is InChI=1S/C17H20ClN3O4S/c1-11-16(12(2)25-19-11)26(23,24)20-15-6-8-21(9-7-15)17(22)13-4-3-5-14(18)10-13/h3-5,10,15,20H,6-9H2,1-2H3. The fraction of sp³-hybridized carbons (Fsp3) is 0.412. The molecule has 9 heteroatoms. The molecule has 2 heterocycles. The number of hydrogen-bond donors (Lipinski definition) is 1. The number of aryl methyl sites for hydroxylation is 2. The van der Waals surface area contributed by atoms with Crippen LogP contribution in [0.5, 0.6) is 0 Å². The van der Waals surface area contributed by atoms with Crippen LogP contribution in [0, 0.1) is 13.8 Å². The third kappa shape index (κ3) is 3.92. The van der Waals surface area contributed by atoms with Gasteiger partial charge in [-0.05, 0) is 44.9 Å². The molecule has 1 saturated heterocycles. The molecule has 0 spiro atoms. The molecule has 140 valence electrons.